The van der Waals surface area contributed by atoms with E-state index in [1.54, 1.807) is 6.34 Å². The summed E-state index contributed by atoms with van der Waals surface area (Å²) in [5.41, 5.74) is 5.19. The maximum absolute atomic E-state index is 8.72. The van der Waals surface area contributed by atoms with E-state index in [0.29, 0.717) is 0 Å². The molecule has 1 rings (SSSR count). The Morgan fingerprint density at radius 2 is 2.60 bits per heavy atom. The van der Waals surface area contributed by atoms with Gasteiger partial charge in [0.25, 0.3) is 0 Å². The van der Waals surface area contributed by atoms with Crippen LogP contribution in [0.4, 0.5) is 0 Å². The molecular weight excluding hydrogens is 132 g/mol. The first-order chi connectivity index (χ1) is 4.83. The minimum atomic E-state index is 0.177. The van der Waals surface area contributed by atoms with Gasteiger partial charge in [-0.05, 0) is 12.5 Å². The lowest BCUT2D eigenvalue weighted by Gasteiger charge is -2.24. The molecule has 0 amide bonds. The van der Waals surface area contributed by atoms with Gasteiger partial charge in [0.05, 0.1) is 6.54 Å². The van der Waals surface area contributed by atoms with Crippen molar-refractivity contribution in [3.63, 3.8) is 0 Å². The van der Waals surface area contributed by atoms with Gasteiger partial charge < -0.3 is 0 Å². The molecule has 0 aromatic rings. The van der Waals surface area contributed by atoms with E-state index in [1.165, 1.54) is 0 Å². The SMILES string of the molecule is CCN[N+]1(NO)C=NCC1. The molecule has 5 heteroatoms. The summed E-state index contributed by atoms with van der Waals surface area (Å²) in [7, 11) is 0. The van der Waals surface area contributed by atoms with Crippen molar-refractivity contribution in [2.45, 2.75) is 6.92 Å². The van der Waals surface area contributed by atoms with Gasteiger partial charge in [-0.25, -0.2) is 4.99 Å². The van der Waals surface area contributed by atoms with Crippen molar-refractivity contribution in [1.29, 1.82) is 0 Å². The van der Waals surface area contributed by atoms with E-state index in [1.807, 2.05) is 6.92 Å². The molecule has 1 heterocycles. The van der Waals surface area contributed by atoms with Gasteiger partial charge in [-0.3, -0.25) is 5.21 Å². The number of hydrogen-bond donors (Lipinski definition) is 3. The van der Waals surface area contributed by atoms with Crippen molar-refractivity contribution in [2.24, 2.45) is 4.99 Å². The molecule has 10 heavy (non-hydrogen) atoms. The largest absolute Gasteiger partial charge is 0.270 e. The molecule has 0 bridgehead atoms. The molecule has 0 spiro atoms. The van der Waals surface area contributed by atoms with Crippen molar-refractivity contribution < 1.29 is 9.91 Å². The lowest BCUT2D eigenvalue weighted by Crippen LogP contribution is -2.63. The number of aliphatic imine (C=N–C) groups is 1. The van der Waals surface area contributed by atoms with E-state index < -0.39 is 0 Å². The first kappa shape index (κ1) is 7.62. The van der Waals surface area contributed by atoms with E-state index in [0.717, 1.165) is 19.6 Å². The summed E-state index contributed by atoms with van der Waals surface area (Å²) in [5, 5.41) is 8.72. The maximum atomic E-state index is 8.72. The van der Waals surface area contributed by atoms with Crippen LogP contribution < -0.4 is 11.0 Å². The number of hydrogen-bond acceptors (Lipinski definition) is 4. The highest BCUT2D eigenvalue weighted by Crippen LogP contribution is 1.97. The highest BCUT2D eigenvalue weighted by Gasteiger charge is 2.28. The van der Waals surface area contributed by atoms with E-state index >= 15 is 0 Å². The van der Waals surface area contributed by atoms with Gasteiger partial charge in [0.2, 0.25) is 6.34 Å². The van der Waals surface area contributed by atoms with Crippen molar-refractivity contribution in [1.82, 2.24) is 11.0 Å². The molecule has 1 atom stereocenters. The average Bonchev–Trinajstić information content (AvgIpc) is 2.39. The summed E-state index contributed by atoms with van der Waals surface area (Å²) in [4.78, 5) is 3.99. The van der Waals surface area contributed by atoms with Gasteiger partial charge in [-0.1, -0.05) is 0 Å². The molecule has 0 aliphatic carbocycles. The van der Waals surface area contributed by atoms with E-state index in [-0.39, 0.29) is 4.70 Å². The summed E-state index contributed by atoms with van der Waals surface area (Å²) in [6.07, 6.45) is 1.66. The van der Waals surface area contributed by atoms with Crippen molar-refractivity contribution in [3.8, 4) is 0 Å². The van der Waals surface area contributed by atoms with Crippen LogP contribution in [0.5, 0.6) is 0 Å². The van der Waals surface area contributed by atoms with Gasteiger partial charge >= 0.3 is 0 Å². The molecule has 1 unspecified atom stereocenters. The van der Waals surface area contributed by atoms with Crippen LogP contribution in [0.3, 0.4) is 0 Å². The molecule has 0 saturated heterocycles. The maximum Gasteiger partial charge on any atom is 0.227 e. The minimum absolute atomic E-state index is 0.177. The lowest BCUT2D eigenvalue weighted by atomic mass is 10.6. The molecule has 0 saturated carbocycles. The van der Waals surface area contributed by atoms with Gasteiger partial charge in [-0.15, -0.1) is 10.1 Å². The first-order valence-electron chi connectivity index (χ1n) is 3.38. The van der Waals surface area contributed by atoms with Crippen LogP contribution in [-0.4, -0.2) is 35.9 Å². The topological polar surface area (TPSA) is 56.6 Å². The molecule has 3 N–H and O–H groups in total. The zero-order valence-electron chi connectivity index (χ0n) is 6.04. The fraction of sp³-hybridized carbons (Fsp3) is 0.800. The quantitative estimate of drug-likeness (QED) is 0.362. The fourth-order valence-electron chi connectivity index (χ4n) is 0.984. The van der Waals surface area contributed by atoms with Gasteiger partial charge in [0, 0.05) is 6.54 Å². The summed E-state index contributed by atoms with van der Waals surface area (Å²) < 4.78 is 0.177. The standard InChI is InChI=1S/C5H13N4O/c1-2-7-9(8-10)4-3-6-5-9/h5,7-8,10H,2-4H2,1H3/q+1. The molecule has 0 fully saturated rings. The number of quaternary nitrogens is 1. The molecule has 1 aliphatic heterocycles. The third-order valence-electron chi connectivity index (χ3n) is 1.48. The Morgan fingerprint density at radius 3 is 3.00 bits per heavy atom. The molecule has 0 aromatic heterocycles. The highest BCUT2D eigenvalue weighted by atomic mass is 16.5. The Kier molecular flexibility index (Phi) is 2.34. The van der Waals surface area contributed by atoms with Gasteiger partial charge in [-0.2, -0.15) is 0 Å². The Balaban J connectivity index is 2.50. The monoisotopic (exact) mass is 145 g/mol. The summed E-state index contributed by atoms with van der Waals surface area (Å²) in [5.74, 6) is 0. The molecular formula is C5H13N4O+. The molecule has 58 valence electrons. The van der Waals surface area contributed by atoms with E-state index in [4.69, 9.17) is 5.21 Å². The van der Waals surface area contributed by atoms with Gasteiger partial charge in [0.15, 0.2) is 0 Å². The van der Waals surface area contributed by atoms with Crippen LogP contribution in [0.1, 0.15) is 6.92 Å². The molecule has 1 aliphatic rings. The van der Waals surface area contributed by atoms with E-state index in [2.05, 4.69) is 16.0 Å². The third kappa shape index (κ3) is 1.32. The van der Waals surface area contributed by atoms with Crippen molar-refractivity contribution >= 4 is 6.34 Å². The number of nitrogens with zero attached hydrogens (tertiary/aromatic N) is 2. The zero-order valence-corrected chi connectivity index (χ0v) is 6.04. The van der Waals surface area contributed by atoms with Crippen LogP contribution in [0, 0.1) is 0 Å². The first-order valence-corrected chi connectivity index (χ1v) is 3.38. The second kappa shape index (κ2) is 3.07. The van der Waals surface area contributed by atoms with Crippen molar-refractivity contribution in [3.05, 3.63) is 0 Å². The Bertz CT molecular complexity index is 138. The van der Waals surface area contributed by atoms with Crippen molar-refractivity contribution in [2.75, 3.05) is 19.6 Å². The van der Waals surface area contributed by atoms with Crippen LogP contribution in [0.25, 0.3) is 0 Å². The Labute approximate surface area is 59.8 Å². The lowest BCUT2D eigenvalue weighted by molar-refractivity contribution is -0.945. The number of nitrogens with one attached hydrogen (secondary N) is 2. The third-order valence-corrected chi connectivity index (χ3v) is 1.48. The predicted octanol–water partition coefficient (Wildman–Crippen LogP) is -0.737. The van der Waals surface area contributed by atoms with Crippen LogP contribution >= 0.6 is 0 Å². The highest BCUT2D eigenvalue weighted by molar-refractivity contribution is 5.47. The second-order valence-corrected chi connectivity index (χ2v) is 2.23. The van der Waals surface area contributed by atoms with Crippen LogP contribution in [0.15, 0.2) is 4.99 Å². The summed E-state index contributed by atoms with van der Waals surface area (Å²) in [6.45, 7) is 4.27. The van der Waals surface area contributed by atoms with Crippen LogP contribution in [0.2, 0.25) is 0 Å². The van der Waals surface area contributed by atoms with Crippen LogP contribution in [-0.2, 0) is 0 Å². The Hall–Kier alpha value is -0.490. The number of rotatable bonds is 3. The van der Waals surface area contributed by atoms with E-state index in [9.17, 15) is 0 Å². The Morgan fingerprint density at radius 1 is 1.80 bits per heavy atom. The second-order valence-electron chi connectivity index (χ2n) is 2.23. The molecule has 5 nitrogen and oxygen atoms in total. The smallest absolute Gasteiger partial charge is 0.227 e. The van der Waals surface area contributed by atoms with Gasteiger partial charge in [0.1, 0.15) is 6.54 Å². The summed E-state index contributed by atoms with van der Waals surface area (Å²) >= 11 is 0. The average molecular weight is 145 g/mol. The molecule has 0 aromatic carbocycles. The normalized spacial score (nSPS) is 31.4. The fourth-order valence-corrected chi connectivity index (χ4v) is 0.984. The zero-order chi connectivity index (χ0) is 7.45. The summed E-state index contributed by atoms with van der Waals surface area (Å²) in [6, 6.07) is 0. The predicted molar refractivity (Wildman–Crippen MR) is 37.1 cm³/mol. The molecule has 0 radical (unpaired) electrons. The minimum Gasteiger partial charge on any atom is -0.270 e.